The minimum atomic E-state index is -0.749. The van der Waals surface area contributed by atoms with Crippen molar-refractivity contribution in [2.75, 3.05) is 19.6 Å². The third-order valence-electron chi connectivity index (χ3n) is 3.86. The first-order valence-electron chi connectivity index (χ1n) is 7.10. The molecule has 0 aliphatic carbocycles. The molecular weight excluding hydrogens is 244 g/mol. The van der Waals surface area contributed by atoms with Crippen molar-refractivity contribution < 1.29 is 14.7 Å². The largest absolute Gasteiger partial charge is 0.481 e. The van der Waals surface area contributed by atoms with Gasteiger partial charge in [-0.2, -0.15) is 0 Å². The van der Waals surface area contributed by atoms with Crippen LogP contribution < -0.4 is 5.32 Å². The molecule has 0 saturated carbocycles. The van der Waals surface area contributed by atoms with Crippen molar-refractivity contribution in [1.82, 2.24) is 10.2 Å². The number of carboxylic acids is 1. The molecule has 5 nitrogen and oxygen atoms in total. The number of carbonyl (C=O) groups excluding carboxylic acids is 1. The number of carboxylic acid groups (broad SMARTS) is 1. The molecule has 1 saturated heterocycles. The minimum Gasteiger partial charge on any atom is -0.481 e. The summed E-state index contributed by atoms with van der Waals surface area (Å²) in [5.74, 6) is -0.598. The van der Waals surface area contributed by atoms with E-state index < -0.39 is 11.4 Å². The fourth-order valence-electron chi connectivity index (χ4n) is 2.25. The lowest BCUT2D eigenvalue weighted by Crippen LogP contribution is -2.45. The topological polar surface area (TPSA) is 69.6 Å². The summed E-state index contributed by atoms with van der Waals surface area (Å²) in [5.41, 5.74) is -0.657. The van der Waals surface area contributed by atoms with Gasteiger partial charge in [0.15, 0.2) is 0 Å². The Morgan fingerprint density at radius 2 is 1.89 bits per heavy atom. The number of hydrogen-bond donors (Lipinski definition) is 2. The summed E-state index contributed by atoms with van der Waals surface area (Å²) in [6, 6.07) is 0.446. The summed E-state index contributed by atoms with van der Waals surface area (Å²) in [6.07, 6.45) is 2.49. The number of nitrogens with zero attached hydrogens (tertiary/aromatic N) is 1. The van der Waals surface area contributed by atoms with Crippen LogP contribution in [0.25, 0.3) is 0 Å². The SMILES string of the molecule is CC(C)NCCCC(=O)N1CCC(C)(C(=O)O)CC1. The fourth-order valence-corrected chi connectivity index (χ4v) is 2.25. The highest BCUT2D eigenvalue weighted by Crippen LogP contribution is 2.31. The van der Waals surface area contributed by atoms with Crippen molar-refractivity contribution in [2.24, 2.45) is 5.41 Å². The molecule has 2 N–H and O–H groups in total. The monoisotopic (exact) mass is 270 g/mol. The minimum absolute atomic E-state index is 0.151. The molecular formula is C14H26N2O3. The maximum atomic E-state index is 12.0. The van der Waals surface area contributed by atoms with Gasteiger partial charge in [-0.1, -0.05) is 13.8 Å². The van der Waals surface area contributed by atoms with Gasteiger partial charge < -0.3 is 15.3 Å². The molecule has 0 aromatic rings. The van der Waals surface area contributed by atoms with Crippen LogP contribution in [0.1, 0.15) is 46.5 Å². The lowest BCUT2D eigenvalue weighted by molar-refractivity contribution is -0.153. The second-order valence-electron chi connectivity index (χ2n) is 5.96. The molecule has 5 heteroatoms. The van der Waals surface area contributed by atoms with Crippen LogP contribution in [0.3, 0.4) is 0 Å². The Kier molecular flexibility index (Phi) is 5.79. The van der Waals surface area contributed by atoms with Crippen molar-refractivity contribution in [3.63, 3.8) is 0 Å². The molecule has 1 aliphatic rings. The smallest absolute Gasteiger partial charge is 0.309 e. The number of piperidine rings is 1. The normalized spacial score (nSPS) is 18.6. The molecule has 1 aliphatic heterocycles. The number of amides is 1. The first kappa shape index (κ1) is 16.0. The maximum absolute atomic E-state index is 12.0. The molecule has 110 valence electrons. The van der Waals surface area contributed by atoms with Gasteiger partial charge in [0.1, 0.15) is 0 Å². The van der Waals surface area contributed by atoms with Gasteiger partial charge in [0.2, 0.25) is 5.91 Å². The van der Waals surface area contributed by atoms with E-state index in [1.807, 2.05) is 0 Å². The van der Waals surface area contributed by atoms with E-state index in [-0.39, 0.29) is 5.91 Å². The van der Waals surface area contributed by atoms with Crippen molar-refractivity contribution >= 4 is 11.9 Å². The van der Waals surface area contributed by atoms with Gasteiger partial charge in [0.05, 0.1) is 5.41 Å². The number of aliphatic carboxylic acids is 1. The van der Waals surface area contributed by atoms with Crippen molar-refractivity contribution in [3.05, 3.63) is 0 Å². The van der Waals surface area contributed by atoms with Crippen molar-refractivity contribution in [3.8, 4) is 0 Å². The predicted octanol–water partition coefficient (Wildman–Crippen LogP) is 1.48. The first-order valence-corrected chi connectivity index (χ1v) is 7.10. The van der Waals surface area contributed by atoms with Gasteiger partial charge in [-0.15, -0.1) is 0 Å². The molecule has 0 aromatic carbocycles. The molecule has 0 radical (unpaired) electrons. The number of nitrogens with one attached hydrogen (secondary N) is 1. The van der Waals surface area contributed by atoms with E-state index in [4.69, 9.17) is 5.11 Å². The zero-order valence-electron chi connectivity index (χ0n) is 12.2. The van der Waals surface area contributed by atoms with Crippen molar-refractivity contribution in [1.29, 1.82) is 0 Å². The summed E-state index contributed by atoms with van der Waals surface area (Å²) in [5, 5.41) is 12.4. The van der Waals surface area contributed by atoms with Gasteiger partial charge in [0, 0.05) is 25.6 Å². The zero-order valence-corrected chi connectivity index (χ0v) is 12.2. The average Bonchev–Trinajstić information content (AvgIpc) is 2.35. The van der Waals surface area contributed by atoms with Gasteiger partial charge in [-0.3, -0.25) is 9.59 Å². The highest BCUT2D eigenvalue weighted by Gasteiger charge is 2.37. The highest BCUT2D eigenvalue weighted by molar-refractivity contribution is 5.78. The van der Waals surface area contributed by atoms with E-state index in [1.54, 1.807) is 11.8 Å². The summed E-state index contributed by atoms with van der Waals surface area (Å²) in [4.78, 5) is 24.9. The summed E-state index contributed by atoms with van der Waals surface area (Å²) < 4.78 is 0. The van der Waals surface area contributed by atoms with Crippen LogP contribution in [0.15, 0.2) is 0 Å². The van der Waals surface area contributed by atoms with Crippen LogP contribution in [0.5, 0.6) is 0 Å². The predicted molar refractivity (Wildman–Crippen MR) is 73.9 cm³/mol. The third-order valence-corrected chi connectivity index (χ3v) is 3.86. The molecule has 1 fully saturated rings. The molecule has 0 spiro atoms. The molecule has 1 heterocycles. The van der Waals surface area contributed by atoms with E-state index in [0.29, 0.717) is 38.4 Å². The Morgan fingerprint density at radius 1 is 1.32 bits per heavy atom. The Balaban J connectivity index is 2.27. The van der Waals surface area contributed by atoms with Gasteiger partial charge in [0.25, 0.3) is 0 Å². The molecule has 1 amide bonds. The Hall–Kier alpha value is -1.10. The van der Waals surface area contributed by atoms with E-state index in [2.05, 4.69) is 19.2 Å². The highest BCUT2D eigenvalue weighted by atomic mass is 16.4. The number of carbonyl (C=O) groups is 2. The Labute approximate surface area is 115 Å². The summed E-state index contributed by atoms with van der Waals surface area (Å²) in [7, 11) is 0. The van der Waals surface area contributed by atoms with Crippen LogP contribution in [0.4, 0.5) is 0 Å². The van der Waals surface area contributed by atoms with Gasteiger partial charge in [-0.25, -0.2) is 0 Å². The van der Waals surface area contributed by atoms with Gasteiger partial charge in [-0.05, 0) is 32.7 Å². The number of rotatable bonds is 6. The summed E-state index contributed by atoms with van der Waals surface area (Å²) >= 11 is 0. The quantitative estimate of drug-likeness (QED) is 0.717. The van der Waals surface area contributed by atoms with Crippen molar-refractivity contribution in [2.45, 2.75) is 52.5 Å². The van der Waals surface area contributed by atoms with E-state index in [9.17, 15) is 9.59 Å². The standard InChI is InChI=1S/C14H26N2O3/c1-11(2)15-8-4-5-12(17)16-9-6-14(3,7-10-16)13(18)19/h11,15H,4-10H2,1-3H3,(H,18,19). The number of likely N-dealkylation sites (tertiary alicyclic amines) is 1. The van der Waals surface area contributed by atoms with Gasteiger partial charge >= 0.3 is 5.97 Å². The second-order valence-corrected chi connectivity index (χ2v) is 5.96. The second kappa shape index (κ2) is 6.89. The first-order chi connectivity index (χ1) is 8.85. The lowest BCUT2D eigenvalue weighted by Gasteiger charge is -2.36. The molecule has 0 bridgehead atoms. The van der Waals surface area contributed by atoms with E-state index in [1.165, 1.54) is 0 Å². The summed E-state index contributed by atoms with van der Waals surface area (Å²) in [6.45, 7) is 7.92. The number of hydrogen-bond acceptors (Lipinski definition) is 3. The molecule has 0 aromatic heterocycles. The van der Waals surface area contributed by atoms with Crippen LogP contribution >= 0.6 is 0 Å². The Morgan fingerprint density at radius 3 is 2.37 bits per heavy atom. The third kappa shape index (κ3) is 4.82. The average molecular weight is 270 g/mol. The van der Waals surface area contributed by atoms with Crippen LogP contribution in [-0.4, -0.2) is 47.6 Å². The molecule has 0 unspecified atom stereocenters. The molecule has 1 rings (SSSR count). The molecule has 0 atom stereocenters. The fraction of sp³-hybridized carbons (Fsp3) is 0.857. The van der Waals surface area contributed by atoms with Crippen LogP contribution in [0, 0.1) is 5.41 Å². The maximum Gasteiger partial charge on any atom is 0.309 e. The van der Waals surface area contributed by atoms with E-state index >= 15 is 0 Å². The molecule has 19 heavy (non-hydrogen) atoms. The Bertz CT molecular complexity index is 321. The van der Waals surface area contributed by atoms with E-state index in [0.717, 1.165) is 13.0 Å². The van der Waals surface area contributed by atoms with Crippen LogP contribution in [0.2, 0.25) is 0 Å². The van der Waals surface area contributed by atoms with Crippen LogP contribution in [-0.2, 0) is 9.59 Å². The zero-order chi connectivity index (χ0) is 14.5. The lowest BCUT2D eigenvalue weighted by atomic mass is 9.80.